The van der Waals surface area contributed by atoms with Gasteiger partial charge in [0.25, 0.3) is 5.91 Å². The van der Waals surface area contributed by atoms with Crippen molar-refractivity contribution in [3.05, 3.63) is 60.2 Å². The Kier molecular flexibility index (Phi) is 6.40. The van der Waals surface area contributed by atoms with E-state index in [2.05, 4.69) is 10.6 Å². The average molecular weight is 382 g/mol. The normalized spacial score (nSPS) is 11.2. The minimum absolute atomic E-state index is 0.00330. The van der Waals surface area contributed by atoms with Crippen molar-refractivity contribution in [3.63, 3.8) is 0 Å². The van der Waals surface area contributed by atoms with Gasteiger partial charge in [-0.3, -0.25) is 9.59 Å². The van der Waals surface area contributed by atoms with Crippen molar-refractivity contribution in [1.82, 2.24) is 5.32 Å². The Morgan fingerprint density at radius 1 is 0.962 bits per heavy atom. The summed E-state index contributed by atoms with van der Waals surface area (Å²) in [5, 5.41) is 4.82. The second kappa shape index (κ2) is 8.52. The van der Waals surface area contributed by atoms with Crippen molar-refractivity contribution in [1.29, 1.82) is 0 Å². The van der Waals surface area contributed by atoms with E-state index in [0.29, 0.717) is 5.56 Å². The predicted octanol–water partition coefficient (Wildman–Crippen LogP) is 2.44. The maximum Gasteiger partial charge on any atom is 0.341 e. The van der Waals surface area contributed by atoms with E-state index in [9.17, 15) is 26.8 Å². The molecule has 0 aliphatic heterocycles. The first-order valence-corrected chi connectivity index (χ1v) is 9.11. The molecule has 2 rings (SSSR count). The minimum atomic E-state index is -4.84. The van der Waals surface area contributed by atoms with Crippen molar-refractivity contribution < 1.29 is 26.8 Å². The molecule has 0 aromatic heterocycles. The fraction of sp³-hybridized carbons (Fsp3) is 0.176. The van der Waals surface area contributed by atoms with Gasteiger partial charge in [-0.2, -0.15) is 8.78 Å². The minimum Gasteiger partial charge on any atom is -0.352 e. The number of benzene rings is 2. The SMILES string of the molecule is O=C(CCNC(=O)c1ccccc1)Nc1ccccc1S(=O)(=O)C(F)F. The summed E-state index contributed by atoms with van der Waals surface area (Å²) in [5.74, 6) is -4.57. The maximum absolute atomic E-state index is 12.7. The third kappa shape index (κ3) is 4.85. The molecule has 26 heavy (non-hydrogen) atoms. The summed E-state index contributed by atoms with van der Waals surface area (Å²) in [6, 6.07) is 13.3. The van der Waals surface area contributed by atoms with Gasteiger partial charge in [0, 0.05) is 18.5 Å². The predicted molar refractivity (Wildman–Crippen MR) is 91.7 cm³/mol. The van der Waals surface area contributed by atoms with Crippen LogP contribution >= 0.6 is 0 Å². The standard InChI is InChI=1S/C17H16F2N2O4S/c18-17(19)26(24,25)14-9-5-4-8-13(14)21-15(22)10-11-20-16(23)12-6-2-1-3-7-12/h1-9,17H,10-11H2,(H,20,23)(H,21,22). The van der Waals surface area contributed by atoms with E-state index >= 15 is 0 Å². The zero-order valence-corrected chi connectivity index (χ0v) is 14.3. The van der Waals surface area contributed by atoms with Gasteiger partial charge >= 0.3 is 5.76 Å². The number of nitrogens with one attached hydrogen (secondary N) is 2. The highest BCUT2D eigenvalue weighted by Crippen LogP contribution is 2.26. The molecule has 2 aromatic carbocycles. The first-order chi connectivity index (χ1) is 12.3. The molecule has 0 bridgehead atoms. The van der Waals surface area contributed by atoms with E-state index in [1.807, 2.05) is 0 Å². The van der Waals surface area contributed by atoms with Crippen LogP contribution in [0.25, 0.3) is 0 Å². The van der Waals surface area contributed by atoms with Crippen molar-refractivity contribution in [2.24, 2.45) is 0 Å². The van der Waals surface area contributed by atoms with E-state index in [1.54, 1.807) is 30.3 Å². The van der Waals surface area contributed by atoms with Crippen LogP contribution < -0.4 is 10.6 Å². The molecule has 0 saturated heterocycles. The molecule has 2 amide bonds. The quantitative estimate of drug-likeness (QED) is 0.769. The Labute approximate surface area is 149 Å². The van der Waals surface area contributed by atoms with Crippen molar-refractivity contribution in [2.45, 2.75) is 17.1 Å². The Morgan fingerprint density at radius 3 is 2.23 bits per heavy atom. The second-order valence-corrected chi connectivity index (χ2v) is 7.11. The lowest BCUT2D eigenvalue weighted by Crippen LogP contribution is -2.28. The van der Waals surface area contributed by atoms with Crippen molar-refractivity contribution >= 4 is 27.3 Å². The monoisotopic (exact) mass is 382 g/mol. The van der Waals surface area contributed by atoms with Crippen LogP contribution in [-0.2, 0) is 14.6 Å². The Bertz CT molecular complexity index is 887. The molecule has 2 aromatic rings. The molecule has 0 heterocycles. The van der Waals surface area contributed by atoms with Gasteiger partial charge in [-0.1, -0.05) is 30.3 Å². The summed E-state index contributed by atoms with van der Waals surface area (Å²) in [7, 11) is -4.84. The second-order valence-electron chi connectivity index (χ2n) is 5.22. The number of halogens is 2. The third-order valence-corrected chi connectivity index (χ3v) is 4.81. The highest BCUT2D eigenvalue weighted by atomic mass is 32.2. The molecule has 0 fully saturated rings. The molecule has 9 heteroatoms. The van der Waals surface area contributed by atoms with Gasteiger partial charge in [-0.15, -0.1) is 0 Å². The van der Waals surface area contributed by atoms with Gasteiger partial charge < -0.3 is 10.6 Å². The Balaban J connectivity index is 1.96. The van der Waals surface area contributed by atoms with Gasteiger partial charge in [0.05, 0.1) is 10.6 Å². The van der Waals surface area contributed by atoms with Crippen LogP contribution in [0.1, 0.15) is 16.8 Å². The van der Waals surface area contributed by atoms with Crippen LogP contribution in [0.5, 0.6) is 0 Å². The lowest BCUT2D eigenvalue weighted by molar-refractivity contribution is -0.116. The molecule has 138 valence electrons. The topological polar surface area (TPSA) is 92.3 Å². The van der Waals surface area contributed by atoms with Gasteiger partial charge in [0.15, 0.2) is 0 Å². The maximum atomic E-state index is 12.7. The smallest absolute Gasteiger partial charge is 0.341 e. The molecule has 0 atom stereocenters. The molecule has 0 spiro atoms. The molecular weight excluding hydrogens is 366 g/mol. The van der Waals surface area contributed by atoms with Crippen LogP contribution in [-0.4, -0.2) is 32.5 Å². The Hall–Kier alpha value is -2.81. The highest BCUT2D eigenvalue weighted by molar-refractivity contribution is 7.91. The van der Waals surface area contributed by atoms with Crippen molar-refractivity contribution in [3.8, 4) is 0 Å². The average Bonchev–Trinajstić information content (AvgIpc) is 2.62. The molecule has 0 saturated carbocycles. The first kappa shape index (κ1) is 19.5. The molecule has 0 aliphatic carbocycles. The molecule has 6 nitrogen and oxygen atoms in total. The summed E-state index contributed by atoms with van der Waals surface area (Å²) < 4.78 is 48.7. The van der Waals surface area contributed by atoms with Crippen LogP contribution in [0, 0.1) is 0 Å². The zero-order chi connectivity index (χ0) is 19.2. The lowest BCUT2D eigenvalue weighted by atomic mass is 10.2. The van der Waals surface area contributed by atoms with Crippen LogP contribution in [0.2, 0.25) is 0 Å². The summed E-state index contributed by atoms with van der Waals surface area (Å²) in [4.78, 5) is 23.1. The first-order valence-electron chi connectivity index (χ1n) is 7.56. The lowest BCUT2D eigenvalue weighted by Gasteiger charge is -2.11. The van der Waals surface area contributed by atoms with Gasteiger partial charge in [0.1, 0.15) is 0 Å². The van der Waals surface area contributed by atoms with E-state index in [-0.39, 0.29) is 24.6 Å². The van der Waals surface area contributed by atoms with Gasteiger partial charge in [-0.05, 0) is 24.3 Å². The van der Waals surface area contributed by atoms with E-state index < -0.39 is 26.4 Å². The Morgan fingerprint density at radius 2 is 1.58 bits per heavy atom. The molecular formula is C17H16F2N2O4S. The molecule has 0 radical (unpaired) electrons. The van der Waals surface area contributed by atoms with Crippen molar-refractivity contribution in [2.75, 3.05) is 11.9 Å². The van der Waals surface area contributed by atoms with Crippen LogP contribution in [0.4, 0.5) is 14.5 Å². The number of sulfone groups is 1. The van der Waals surface area contributed by atoms with E-state index in [4.69, 9.17) is 0 Å². The van der Waals surface area contributed by atoms with Crippen LogP contribution in [0.3, 0.4) is 0 Å². The van der Waals surface area contributed by atoms with E-state index in [1.165, 1.54) is 18.2 Å². The third-order valence-electron chi connectivity index (χ3n) is 3.38. The fourth-order valence-electron chi connectivity index (χ4n) is 2.11. The van der Waals surface area contributed by atoms with Crippen LogP contribution in [0.15, 0.2) is 59.5 Å². The molecule has 0 unspecified atom stereocenters. The summed E-state index contributed by atoms with van der Waals surface area (Å²) in [6.07, 6.45) is -0.151. The number of hydrogen-bond donors (Lipinski definition) is 2. The summed E-state index contributed by atoms with van der Waals surface area (Å²) in [5.41, 5.74) is 0.202. The largest absolute Gasteiger partial charge is 0.352 e. The number of hydrogen-bond acceptors (Lipinski definition) is 4. The number of amides is 2. The summed E-state index contributed by atoms with van der Waals surface area (Å²) >= 11 is 0. The number of rotatable bonds is 7. The fourth-order valence-corrected chi connectivity index (χ4v) is 2.99. The number of alkyl halides is 2. The highest BCUT2D eigenvalue weighted by Gasteiger charge is 2.29. The number of anilines is 1. The number of para-hydroxylation sites is 1. The van der Waals surface area contributed by atoms with Gasteiger partial charge in [-0.25, -0.2) is 8.42 Å². The molecule has 2 N–H and O–H groups in total. The van der Waals surface area contributed by atoms with Gasteiger partial charge in [0.2, 0.25) is 15.7 Å². The van der Waals surface area contributed by atoms with E-state index in [0.717, 1.165) is 6.07 Å². The summed E-state index contributed by atoms with van der Waals surface area (Å²) in [6.45, 7) is 0.00330. The molecule has 0 aliphatic rings. The number of carbonyl (C=O) groups excluding carboxylic acids is 2. The number of carbonyl (C=O) groups is 2. The zero-order valence-electron chi connectivity index (χ0n) is 13.5.